The van der Waals surface area contributed by atoms with Crippen molar-refractivity contribution < 1.29 is 23.9 Å². The van der Waals surface area contributed by atoms with E-state index in [1.807, 2.05) is 19.1 Å². The molecule has 0 saturated carbocycles. The number of carbonyl (C=O) groups excluding carboxylic acids is 3. The number of rotatable bonds is 9. The second kappa shape index (κ2) is 10.2. The summed E-state index contributed by atoms with van der Waals surface area (Å²) in [4.78, 5) is 37.4. The first-order valence-electron chi connectivity index (χ1n) is 10.2. The number of aryl methyl sites for hydroxylation is 1. The van der Waals surface area contributed by atoms with Crippen molar-refractivity contribution in [1.29, 1.82) is 0 Å². The van der Waals surface area contributed by atoms with Crippen LogP contribution in [0.25, 0.3) is 0 Å². The molecule has 1 atom stereocenters. The number of nitrogens with zero attached hydrogens (tertiary/aromatic N) is 1. The Morgan fingerprint density at radius 1 is 1.12 bits per heavy atom. The molecule has 0 saturated heterocycles. The van der Waals surface area contributed by atoms with Crippen LogP contribution in [0.15, 0.2) is 46.1 Å². The van der Waals surface area contributed by atoms with E-state index in [1.165, 1.54) is 17.0 Å². The fourth-order valence-corrected chi connectivity index (χ4v) is 3.20. The number of amides is 1. The average Bonchev–Trinajstić information content (AvgIpc) is 3.15. The highest BCUT2D eigenvalue weighted by molar-refractivity contribution is 5.99. The van der Waals surface area contributed by atoms with Crippen LogP contribution in [-0.2, 0) is 9.59 Å². The number of benzene rings is 1. The van der Waals surface area contributed by atoms with Crippen LogP contribution in [0.1, 0.15) is 55.1 Å². The minimum atomic E-state index is -0.394. The molecule has 2 rings (SSSR count). The van der Waals surface area contributed by atoms with Gasteiger partial charge in [-0.2, -0.15) is 0 Å². The molecule has 0 fully saturated rings. The summed E-state index contributed by atoms with van der Waals surface area (Å²) in [6.07, 6.45) is 1.65. The van der Waals surface area contributed by atoms with E-state index in [4.69, 9.17) is 4.42 Å². The van der Waals surface area contributed by atoms with Crippen molar-refractivity contribution >= 4 is 24.2 Å². The van der Waals surface area contributed by atoms with E-state index in [9.17, 15) is 19.5 Å². The summed E-state index contributed by atoms with van der Waals surface area (Å²) < 4.78 is 5.76. The molecule has 1 aromatic carbocycles. The lowest BCUT2D eigenvalue weighted by Crippen LogP contribution is -2.28. The molecule has 2 aromatic rings. The summed E-state index contributed by atoms with van der Waals surface area (Å²) in [6, 6.07) is 7.86. The fourth-order valence-electron chi connectivity index (χ4n) is 3.20. The first kappa shape index (κ1) is 24.7. The number of carbonyl (C=O) groups is 3. The zero-order valence-corrected chi connectivity index (χ0v) is 19.4. The summed E-state index contributed by atoms with van der Waals surface area (Å²) in [5.41, 5.74) is 0.0314. The number of nitrogens with one attached hydrogen (secondary N) is 2. The number of anilines is 1. The highest BCUT2D eigenvalue weighted by Gasteiger charge is 2.25. The molecule has 8 nitrogen and oxygen atoms in total. The molecule has 0 aliphatic carbocycles. The summed E-state index contributed by atoms with van der Waals surface area (Å²) in [6.45, 7) is 8.02. The van der Waals surface area contributed by atoms with Gasteiger partial charge in [0.15, 0.2) is 18.3 Å². The number of hydrogen-bond acceptors (Lipinski definition) is 7. The van der Waals surface area contributed by atoms with Crippen LogP contribution in [0.3, 0.4) is 0 Å². The van der Waals surface area contributed by atoms with Crippen molar-refractivity contribution in [2.24, 2.45) is 5.41 Å². The Kier molecular flexibility index (Phi) is 7.86. The highest BCUT2D eigenvalue weighted by Crippen LogP contribution is 2.32. The Balaban J connectivity index is 2.42. The molecule has 172 valence electrons. The van der Waals surface area contributed by atoms with Gasteiger partial charge in [-0.25, -0.2) is 0 Å². The molecule has 0 aliphatic heterocycles. The number of para-hydroxylation sites is 1. The number of furan rings is 1. The van der Waals surface area contributed by atoms with Crippen molar-refractivity contribution in [3.8, 4) is 5.75 Å². The maximum atomic E-state index is 12.3. The third-order valence-electron chi connectivity index (χ3n) is 4.72. The van der Waals surface area contributed by atoms with E-state index in [2.05, 4.69) is 31.4 Å². The standard InChI is InChI=1S/C24H31N3O5/c1-15-10-11-21(32-15)18(12-24(2,3)4)26-20(14-29)19(13-28)25-17-9-7-8-16(22(17)30)23(31)27(5)6/h7-11,13-14,18,25-26,30H,12H2,1-6H3/b20-19-. The third-order valence-corrected chi connectivity index (χ3v) is 4.72. The lowest BCUT2D eigenvalue weighted by molar-refractivity contribution is -0.107. The van der Waals surface area contributed by atoms with Gasteiger partial charge in [0.25, 0.3) is 5.91 Å². The number of hydrogen-bond donors (Lipinski definition) is 3. The van der Waals surface area contributed by atoms with Gasteiger partial charge in [0, 0.05) is 14.1 Å². The SMILES string of the molecule is Cc1ccc(C(CC(C)(C)C)N/C(C=O)=C(/C=O)Nc2cccc(C(=O)N(C)C)c2O)o1. The zero-order chi connectivity index (χ0) is 24.1. The highest BCUT2D eigenvalue weighted by atomic mass is 16.3. The summed E-state index contributed by atoms with van der Waals surface area (Å²) in [5, 5.41) is 16.4. The monoisotopic (exact) mass is 441 g/mol. The van der Waals surface area contributed by atoms with Crippen molar-refractivity contribution in [1.82, 2.24) is 10.2 Å². The van der Waals surface area contributed by atoms with Crippen molar-refractivity contribution in [3.05, 3.63) is 58.8 Å². The molecular formula is C24H31N3O5. The van der Waals surface area contributed by atoms with Crippen molar-refractivity contribution in [2.45, 2.75) is 40.2 Å². The Hall–Kier alpha value is -3.55. The predicted octanol–water partition coefficient (Wildman–Crippen LogP) is 3.78. The van der Waals surface area contributed by atoms with Gasteiger partial charge >= 0.3 is 0 Å². The van der Waals surface area contributed by atoms with Crippen LogP contribution in [0.5, 0.6) is 5.75 Å². The van der Waals surface area contributed by atoms with Gasteiger partial charge < -0.3 is 25.1 Å². The van der Waals surface area contributed by atoms with Crippen LogP contribution >= 0.6 is 0 Å². The van der Waals surface area contributed by atoms with E-state index in [0.29, 0.717) is 24.8 Å². The van der Waals surface area contributed by atoms with Gasteiger partial charge in [-0.1, -0.05) is 26.8 Å². The molecule has 1 amide bonds. The summed E-state index contributed by atoms with van der Waals surface area (Å²) in [5.74, 6) is 0.667. The van der Waals surface area contributed by atoms with Crippen molar-refractivity contribution in [3.63, 3.8) is 0 Å². The molecule has 0 aliphatic rings. The maximum absolute atomic E-state index is 12.3. The van der Waals surface area contributed by atoms with Gasteiger partial charge in [-0.3, -0.25) is 14.4 Å². The quantitative estimate of drug-likeness (QED) is 0.308. The minimum Gasteiger partial charge on any atom is -0.505 e. The number of aromatic hydroxyl groups is 1. The van der Waals surface area contributed by atoms with Crippen LogP contribution in [0.4, 0.5) is 5.69 Å². The molecule has 32 heavy (non-hydrogen) atoms. The Bertz CT molecular complexity index is 1010. The minimum absolute atomic E-state index is 0.00652. The molecule has 3 N–H and O–H groups in total. The lowest BCUT2D eigenvalue weighted by Gasteiger charge is -2.27. The van der Waals surface area contributed by atoms with Crippen LogP contribution in [0, 0.1) is 12.3 Å². The van der Waals surface area contributed by atoms with Gasteiger partial charge in [0.05, 0.1) is 17.3 Å². The smallest absolute Gasteiger partial charge is 0.257 e. The molecule has 1 unspecified atom stereocenters. The summed E-state index contributed by atoms with van der Waals surface area (Å²) >= 11 is 0. The maximum Gasteiger partial charge on any atom is 0.257 e. The summed E-state index contributed by atoms with van der Waals surface area (Å²) in [7, 11) is 3.14. The van der Waals surface area contributed by atoms with Crippen LogP contribution in [0.2, 0.25) is 0 Å². The van der Waals surface area contributed by atoms with E-state index in [0.717, 1.165) is 5.76 Å². The number of aldehydes is 2. The first-order valence-corrected chi connectivity index (χ1v) is 10.2. The van der Waals surface area contributed by atoms with Gasteiger partial charge in [0.2, 0.25) is 0 Å². The molecule has 0 bridgehead atoms. The Morgan fingerprint density at radius 2 is 1.78 bits per heavy atom. The number of allylic oxidation sites excluding steroid dienone is 2. The predicted molar refractivity (Wildman–Crippen MR) is 122 cm³/mol. The number of phenolic OH excluding ortho intramolecular Hbond substituents is 1. The first-order chi connectivity index (χ1) is 15.0. The molecular weight excluding hydrogens is 410 g/mol. The fraction of sp³-hybridized carbons (Fsp3) is 0.375. The van der Waals surface area contributed by atoms with Gasteiger partial charge in [-0.05, 0) is 43.0 Å². The van der Waals surface area contributed by atoms with Crippen LogP contribution in [-0.4, -0.2) is 42.6 Å². The third kappa shape index (κ3) is 6.23. The number of phenols is 1. The van der Waals surface area contributed by atoms with Crippen molar-refractivity contribution in [2.75, 3.05) is 19.4 Å². The largest absolute Gasteiger partial charge is 0.505 e. The second-order valence-corrected chi connectivity index (χ2v) is 9.00. The van der Waals surface area contributed by atoms with E-state index >= 15 is 0 Å². The Labute approximate surface area is 188 Å². The average molecular weight is 442 g/mol. The van der Waals surface area contributed by atoms with E-state index in [-0.39, 0.29) is 39.9 Å². The second-order valence-electron chi connectivity index (χ2n) is 9.00. The van der Waals surface area contributed by atoms with Gasteiger partial charge in [0.1, 0.15) is 22.9 Å². The topological polar surface area (TPSA) is 112 Å². The zero-order valence-electron chi connectivity index (χ0n) is 19.4. The lowest BCUT2D eigenvalue weighted by atomic mass is 9.87. The molecule has 0 spiro atoms. The van der Waals surface area contributed by atoms with Crippen LogP contribution < -0.4 is 10.6 Å². The Morgan fingerprint density at radius 3 is 2.28 bits per heavy atom. The molecule has 1 heterocycles. The molecule has 0 radical (unpaired) electrons. The van der Waals surface area contributed by atoms with E-state index in [1.54, 1.807) is 20.2 Å². The normalized spacial score (nSPS) is 13.1. The molecule has 8 heteroatoms. The van der Waals surface area contributed by atoms with Gasteiger partial charge in [-0.15, -0.1) is 0 Å². The molecule has 1 aromatic heterocycles. The van der Waals surface area contributed by atoms with E-state index < -0.39 is 5.91 Å².